The molecule has 0 spiro atoms. The van der Waals surface area contributed by atoms with Crippen LogP contribution in [0.3, 0.4) is 0 Å². The van der Waals surface area contributed by atoms with Gasteiger partial charge in [0.05, 0.1) is 31.2 Å². The van der Waals surface area contributed by atoms with E-state index >= 15 is 0 Å². The molecule has 1 aliphatic heterocycles. The number of carbonyl (C=O) groups excluding carboxylic acids is 2. The van der Waals surface area contributed by atoms with Gasteiger partial charge in [-0.05, 0) is 53.8 Å². The van der Waals surface area contributed by atoms with Gasteiger partial charge in [-0.3, -0.25) is 14.6 Å². The number of amides is 3. The summed E-state index contributed by atoms with van der Waals surface area (Å²) in [6.45, 7) is 3.37. The number of ether oxygens (including phenoxy) is 2. The van der Waals surface area contributed by atoms with Gasteiger partial charge in [-0.2, -0.15) is 5.26 Å². The molecule has 0 N–H and O–H groups in total. The van der Waals surface area contributed by atoms with Crippen LogP contribution in [0.1, 0.15) is 35.7 Å². The van der Waals surface area contributed by atoms with Crippen LogP contribution < -0.4 is 0 Å². The van der Waals surface area contributed by atoms with Crippen molar-refractivity contribution in [1.29, 1.82) is 5.26 Å². The molecule has 0 aliphatic carbocycles. The van der Waals surface area contributed by atoms with E-state index in [0.29, 0.717) is 38.2 Å². The van der Waals surface area contributed by atoms with Crippen LogP contribution in [0.15, 0.2) is 79.3 Å². The van der Waals surface area contributed by atoms with E-state index in [1.807, 2.05) is 65.4 Å². The first-order chi connectivity index (χ1) is 20.0. The monoisotopic (exact) mass is 551 g/mol. The molecule has 5 rings (SSSR count). The Labute approximate surface area is 239 Å². The van der Waals surface area contributed by atoms with Gasteiger partial charge in [-0.15, -0.1) is 0 Å². The molecule has 3 amide bonds. The zero-order chi connectivity index (χ0) is 28.8. The molecule has 1 aromatic heterocycles. The Morgan fingerprint density at radius 2 is 1.78 bits per heavy atom. The van der Waals surface area contributed by atoms with Gasteiger partial charge in [0, 0.05) is 32.1 Å². The number of aryl methyl sites for hydroxylation is 1. The lowest BCUT2D eigenvalue weighted by atomic mass is 9.86. The third-order valence-electron chi connectivity index (χ3n) is 7.68. The van der Waals surface area contributed by atoms with Crippen LogP contribution in [-0.2, 0) is 32.8 Å². The lowest BCUT2D eigenvalue weighted by molar-refractivity contribution is -0.134. The van der Waals surface area contributed by atoms with Crippen molar-refractivity contribution >= 4 is 22.7 Å². The van der Waals surface area contributed by atoms with E-state index in [1.54, 1.807) is 32.5 Å². The standard InChI is InChI=1S/C32H33N5O4/c1-32(29-11-5-8-26-7-3-4-10-28(26)29)30(38)36(31(39)37(32)23-41-18-17-40-2)16-6-9-27-20-34-22-35(27)21-25-14-12-24(19-33)13-15-25/h3-5,7-8,10-15,20,22H,6,9,16-18,21,23H2,1-2H3. The number of nitriles is 1. The highest BCUT2D eigenvalue weighted by atomic mass is 16.5. The minimum Gasteiger partial charge on any atom is -0.382 e. The summed E-state index contributed by atoms with van der Waals surface area (Å²) in [5.41, 5.74) is 2.23. The number of fused-ring (bicyclic) bond motifs is 1. The Morgan fingerprint density at radius 3 is 2.56 bits per heavy atom. The van der Waals surface area contributed by atoms with Crippen LogP contribution >= 0.6 is 0 Å². The number of carbonyl (C=O) groups is 2. The van der Waals surface area contributed by atoms with E-state index in [1.165, 1.54) is 9.80 Å². The van der Waals surface area contributed by atoms with E-state index in [9.17, 15) is 9.59 Å². The molecular formula is C32H33N5O4. The summed E-state index contributed by atoms with van der Waals surface area (Å²) in [7, 11) is 1.59. The van der Waals surface area contributed by atoms with Gasteiger partial charge in [0.25, 0.3) is 5.91 Å². The van der Waals surface area contributed by atoms with Crippen molar-refractivity contribution < 1.29 is 19.1 Å². The average molecular weight is 552 g/mol. The largest absolute Gasteiger partial charge is 0.382 e. The molecule has 1 fully saturated rings. The topological polar surface area (TPSA) is 101 Å². The summed E-state index contributed by atoms with van der Waals surface area (Å²) in [6.07, 6.45) is 4.81. The van der Waals surface area contributed by atoms with Crippen LogP contribution in [0.2, 0.25) is 0 Å². The summed E-state index contributed by atoms with van der Waals surface area (Å²) in [6, 6.07) is 23.0. The van der Waals surface area contributed by atoms with Crippen molar-refractivity contribution in [3.63, 3.8) is 0 Å². The lowest BCUT2D eigenvalue weighted by Crippen LogP contribution is -2.45. The predicted molar refractivity (Wildman–Crippen MR) is 154 cm³/mol. The molecule has 9 heteroatoms. The highest BCUT2D eigenvalue weighted by Crippen LogP contribution is 2.40. The van der Waals surface area contributed by atoms with Gasteiger partial charge in [-0.25, -0.2) is 9.78 Å². The van der Waals surface area contributed by atoms with Crippen molar-refractivity contribution in [2.24, 2.45) is 0 Å². The fourth-order valence-corrected chi connectivity index (χ4v) is 5.39. The van der Waals surface area contributed by atoms with Crippen LogP contribution in [0.25, 0.3) is 10.8 Å². The Hall–Kier alpha value is -4.52. The highest BCUT2D eigenvalue weighted by Gasteiger charge is 2.55. The number of benzene rings is 3. The number of urea groups is 1. The molecule has 1 aliphatic rings. The first-order valence-electron chi connectivity index (χ1n) is 13.6. The predicted octanol–water partition coefficient (Wildman–Crippen LogP) is 4.69. The van der Waals surface area contributed by atoms with E-state index < -0.39 is 5.54 Å². The summed E-state index contributed by atoms with van der Waals surface area (Å²) in [5.74, 6) is -0.264. The zero-order valence-electron chi connectivity index (χ0n) is 23.3. The number of nitrogens with zero attached hydrogens (tertiary/aromatic N) is 5. The number of imidazole rings is 1. The number of hydrogen-bond acceptors (Lipinski definition) is 6. The minimum absolute atomic E-state index is 0.0263. The van der Waals surface area contributed by atoms with Gasteiger partial charge in [-0.1, -0.05) is 54.6 Å². The molecule has 210 valence electrons. The summed E-state index contributed by atoms with van der Waals surface area (Å²) in [4.78, 5) is 35.0. The van der Waals surface area contributed by atoms with Gasteiger partial charge in [0.15, 0.2) is 0 Å². The van der Waals surface area contributed by atoms with Gasteiger partial charge in [0.1, 0.15) is 12.3 Å². The van der Waals surface area contributed by atoms with Gasteiger partial charge < -0.3 is 14.0 Å². The second-order valence-electron chi connectivity index (χ2n) is 10.2. The Kier molecular flexibility index (Phi) is 8.43. The van der Waals surface area contributed by atoms with E-state index in [0.717, 1.165) is 27.6 Å². The first kappa shape index (κ1) is 28.0. The molecule has 1 atom stereocenters. The maximum absolute atomic E-state index is 14.1. The van der Waals surface area contributed by atoms with Gasteiger partial charge in [0.2, 0.25) is 0 Å². The molecular weight excluding hydrogens is 518 g/mol. The molecule has 0 bridgehead atoms. The van der Waals surface area contributed by atoms with Crippen molar-refractivity contribution in [1.82, 2.24) is 19.4 Å². The SMILES string of the molecule is COCCOCN1C(=O)N(CCCc2cncn2Cc2ccc(C#N)cc2)C(=O)C1(C)c1cccc2ccccc12. The summed E-state index contributed by atoms with van der Waals surface area (Å²) >= 11 is 0. The summed E-state index contributed by atoms with van der Waals surface area (Å²) < 4.78 is 12.9. The van der Waals surface area contributed by atoms with Crippen LogP contribution in [0.4, 0.5) is 4.79 Å². The van der Waals surface area contributed by atoms with Crippen LogP contribution in [0.5, 0.6) is 0 Å². The highest BCUT2D eigenvalue weighted by molar-refractivity contribution is 6.09. The fourth-order valence-electron chi connectivity index (χ4n) is 5.39. The lowest BCUT2D eigenvalue weighted by Gasteiger charge is -2.32. The smallest absolute Gasteiger partial charge is 0.329 e. The number of methoxy groups -OCH3 is 1. The molecule has 0 saturated carbocycles. The molecule has 4 aromatic rings. The normalized spacial score (nSPS) is 17.0. The third-order valence-corrected chi connectivity index (χ3v) is 7.68. The van der Waals surface area contributed by atoms with E-state index in [-0.39, 0.29) is 25.2 Å². The molecule has 0 radical (unpaired) electrons. The second-order valence-corrected chi connectivity index (χ2v) is 10.2. The first-order valence-corrected chi connectivity index (χ1v) is 13.6. The number of aromatic nitrogens is 2. The van der Waals surface area contributed by atoms with Crippen molar-refractivity contribution in [2.45, 2.75) is 31.8 Å². The second kappa shape index (κ2) is 12.3. The molecule has 2 heterocycles. The van der Waals surface area contributed by atoms with E-state index in [2.05, 4.69) is 11.1 Å². The van der Waals surface area contributed by atoms with Crippen LogP contribution in [-0.4, -0.2) is 64.9 Å². The Balaban J connectivity index is 1.34. The van der Waals surface area contributed by atoms with E-state index in [4.69, 9.17) is 14.7 Å². The molecule has 3 aromatic carbocycles. The Bertz CT molecular complexity index is 1570. The van der Waals surface area contributed by atoms with Gasteiger partial charge >= 0.3 is 6.03 Å². The Morgan fingerprint density at radius 1 is 1.00 bits per heavy atom. The maximum Gasteiger partial charge on any atom is 0.329 e. The number of imide groups is 1. The van der Waals surface area contributed by atoms with Crippen molar-refractivity contribution in [3.8, 4) is 6.07 Å². The van der Waals surface area contributed by atoms with Crippen LogP contribution in [0, 0.1) is 11.3 Å². The third kappa shape index (κ3) is 5.57. The zero-order valence-corrected chi connectivity index (χ0v) is 23.3. The number of hydrogen-bond donors (Lipinski definition) is 0. The maximum atomic E-state index is 14.1. The molecule has 1 unspecified atom stereocenters. The van der Waals surface area contributed by atoms with Crippen molar-refractivity contribution in [3.05, 3.63) is 102 Å². The minimum atomic E-state index is -1.22. The number of rotatable bonds is 12. The molecule has 1 saturated heterocycles. The van der Waals surface area contributed by atoms with Crippen molar-refractivity contribution in [2.75, 3.05) is 33.6 Å². The fraction of sp³-hybridized carbons (Fsp3) is 0.312. The quantitative estimate of drug-likeness (QED) is 0.187. The molecule has 41 heavy (non-hydrogen) atoms. The average Bonchev–Trinajstić information content (AvgIpc) is 3.51. The molecule has 9 nitrogen and oxygen atoms in total. The summed E-state index contributed by atoms with van der Waals surface area (Å²) in [5, 5.41) is 11.0.